The summed E-state index contributed by atoms with van der Waals surface area (Å²) >= 11 is 6.23. The molecule has 0 fully saturated rings. The van der Waals surface area contributed by atoms with E-state index in [9.17, 15) is 14.7 Å². The number of carbonyl (C=O) groups is 1. The molecule has 5 N–H and O–H groups in total. The molecule has 8 nitrogen and oxygen atoms in total. The van der Waals surface area contributed by atoms with Gasteiger partial charge in [-0.3, -0.25) is 9.59 Å². The SMILES string of the molecule is [2H]C([2H])([2H])C([2H])(Nc1cc(-c2c[nH]c(C(=O)N[C@H](CO)c3ccc(=O)[nH]c3)c2)c(Cl)cn1)C([2H])([2H])[2H]. The largest absolute Gasteiger partial charge is 0.394 e. The first-order valence-corrected chi connectivity index (χ1v) is 8.77. The minimum absolute atomic E-state index is 0.0927. The van der Waals surface area contributed by atoms with Crippen LogP contribution >= 0.6 is 11.6 Å². The van der Waals surface area contributed by atoms with Gasteiger partial charge < -0.3 is 25.7 Å². The summed E-state index contributed by atoms with van der Waals surface area (Å²) in [6.07, 6.45) is 3.97. The number of aromatic nitrogens is 3. The molecule has 0 saturated heterocycles. The Morgan fingerprint density at radius 3 is 2.86 bits per heavy atom. The van der Waals surface area contributed by atoms with Gasteiger partial charge in [-0.25, -0.2) is 4.98 Å². The number of nitrogens with one attached hydrogen (secondary N) is 4. The van der Waals surface area contributed by atoms with Crippen LogP contribution < -0.4 is 16.2 Å². The van der Waals surface area contributed by atoms with Gasteiger partial charge in [-0.15, -0.1) is 0 Å². The zero-order valence-electron chi connectivity index (χ0n) is 21.9. The van der Waals surface area contributed by atoms with Crippen molar-refractivity contribution in [3.05, 3.63) is 69.5 Å². The fourth-order valence-electron chi connectivity index (χ4n) is 2.65. The number of rotatable bonds is 7. The number of halogens is 1. The summed E-state index contributed by atoms with van der Waals surface area (Å²) in [6, 6.07) is 1.59. The molecule has 0 aliphatic carbocycles. The molecule has 152 valence electrons. The predicted octanol–water partition coefficient (Wildman–Crippen LogP) is 2.70. The van der Waals surface area contributed by atoms with Crippen LogP contribution in [-0.4, -0.2) is 38.6 Å². The van der Waals surface area contributed by atoms with Crippen molar-refractivity contribution in [3.8, 4) is 11.1 Å². The van der Waals surface area contributed by atoms with Crippen LogP contribution in [0.1, 0.15) is 45.4 Å². The van der Waals surface area contributed by atoms with E-state index in [2.05, 4.69) is 25.6 Å². The minimum atomic E-state index is -3.21. The Morgan fingerprint density at radius 1 is 1.34 bits per heavy atom. The molecule has 1 atom stereocenters. The summed E-state index contributed by atoms with van der Waals surface area (Å²) in [4.78, 5) is 33.1. The van der Waals surface area contributed by atoms with E-state index in [-0.39, 0.29) is 27.7 Å². The van der Waals surface area contributed by atoms with Crippen molar-refractivity contribution >= 4 is 23.3 Å². The van der Waals surface area contributed by atoms with Gasteiger partial charge in [0.25, 0.3) is 5.91 Å². The molecule has 0 saturated carbocycles. The highest BCUT2D eigenvalue weighted by Gasteiger charge is 2.17. The highest BCUT2D eigenvalue weighted by atomic mass is 35.5. The van der Waals surface area contributed by atoms with E-state index in [1.807, 2.05) is 0 Å². The molecule has 0 radical (unpaired) electrons. The summed E-state index contributed by atoms with van der Waals surface area (Å²) in [6.45, 7) is -6.86. The maximum atomic E-state index is 12.7. The van der Waals surface area contributed by atoms with Crippen LogP contribution in [0.3, 0.4) is 0 Å². The third kappa shape index (κ3) is 5.04. The number of nitrogens with zero attached hydrogens (tertiary/aromatic N) is 1. The van der Waals surface area contributed by atoms with E-state index >= 15 is 0 Å². The molecule has 0 aromatic carbocycles. The Labute approximate surface area is 182 Å². The lowest BCUT2D eigenvalue weighted by atomic mass is 10.1. The number of H-pyrrole nitrogens is 2. The summed E-state index contributed by atoms with van der Waals surface area (Å²) in [5, 5.41) is 14.6. The highest BCUT2D eigenvalue weighted by molar-refractivity contribution is 6.33. The van der Waals surface area contributed by atoms with Gasteiger partial charge in [-0.1, -0.05) is 11.6 Å². The van der Waals surface area contributed by atoms with Crippen LogP contribution in [0.2, 0.25) is 5.02 Å². The fraction of sp³-hybridized carbons (Fsp3) is 0.250. The highest BCUT2D eigenvalue weighted by Crippen LogP contribution is 2.30. The molecule has 0 bridgehead atoms. The number of hydrogen-bond donors (Lipinski definition) is 5. The molecule has 3 aromatic rings. The monoisotopic (exact) mass is 422 g/mol. The number of aromatic amines is 2. The molecule has 0 spiro atoms. The van der Waals surface area contributed by atoms with Crippen LogP contribution in [0.5, 0.6) is 0 Å². The van der Waals surface area contributed by atoms with Crippen LogP contribution in [0.4, 0.5) is 5.82 Å². The van der Waals surface area contributed by atoms with Crippen molar-refractivity contribution in [2.24, 2.45) is 0 Å². The Bertz CT molecular complexity index is 1270. The first-order valence-electron chi connectivity index (χ1n) is 11.9. The zero-order valence-corrected chi connectivity index (χ0v) is 15.7. The Morgan fingerprint density at radius 2 is 2.17 bits per heavy atom. The van der Waals surface area contributed by atoms with Crippen LogP contribution in [0.15, 0.2) is 47.7 Å². The van der Waals surface area contributed by atoms with Crippen molar-refractivity contribution in [1.82, 2.24) is 20.3 Å². The molecule has 3 aromatic heterocycles. The van der Waals surface area contributed by atoms with E-state index in [1.54, 1.807) is 0 Å². The number of hydrogen-bond acceptors (Lipinski definition) is 5. The van der Waals surface area contributed by atoms with Crippen molar-refractivity contribution in [2.45, 2.75) is 25.8 Å². The summed E-state index contributed by atoms with van der Waals surface area (Å²) in [7, 11) is 0. The van der Waals surface area contributed by atoms with E-state index in [0.29, 0.717) is 11.1 Å². The van der Waals surface area contributed by atoms with Crippen LogP contribution in [0, 0.1) is 0 Å². The van der Waals surface area contributed by atoms with E-state index < -0.39 is 38.3 Å². The van der Waals surface area contributed by atoms with Crippen molar-refractivity contribution in [1.29, 1.82) is 0 Å². The van der Waals surface area contributed by atoms with Gasteiger partial charge in [0, 0.05) is 50.0 Å². The minimum Gasteiger partial charge on any atom is -0.394 e. The Kier molecular flexibility index (Phi) is 4.06. The molecule has 29 heavy (non-hydrogen) atoms. The third-order valence-electron chi connectivity index (χ3n) is 4.05. The van der Waals surface area contributed by atoms with Gasteiger partial charge in [0.05, 0.1) is 19.0 Å². The average molecular weight is 423 g/mol. The quantitative estimate of drug-likeness (QED) is 0.400. The molecule has 0 unspecified atom stereocenters. The number of amides is 1. The topological polar surface area (TPSA) is 123 Å². The lowest BCUT2D eigenvalue weighted by molar-refractivity contribution is 0.0911. The molecular weight excluding hydrogens is 394 g/mol. The summed E-state index contributed by atoms with van der Waals surface area (Å²) < 4.78 is 53.3. The molecule has 3 rings (SSSR count). The van der Waals surface area contributed by atoms with Crippen molar-refractivity contribution in [2.75, 3.05) is 11.9 Å². The van der Waals surface area contributed by atoms with Gasteiger partial charge in [0.15, 0.2) is 0 Å². The lowest BCUT2D eigenvalue weighted by Gasteiger charge is -2.15. The van der Waals surface area contributed by atoms with Gasteiger partial charge >= 0.3 is 0 Å². The van der Waals surface area contributed by atoms with E-state index in [0.717, 1.165) is 6.20 Å². The van der Waals surface area contributed by atoms with Gasteiger partial charge in [-0.05, 0) is 37.5 Å². The first kappa shape index (κ1) is 13.2. The summed E-state index contributed by atoms with van der Waals surface area (Å²) in [5.74, 6) is -0.799. The van der Waals surface area contributed by atoms with Crippen molar-refractivity contribution < 1.29 is 19.5 Å². The number of anilines is 1. The fourth-order valence-corrected chi connectivity index (χ4v) is 2.86. The second-order valence-corrected chi connectivity index (χ2v) is 6.45. The Balaban J connectivity index is 1.86. The second-order valence-electron chi connectivity index (χ2n) is 6.05. The number of carbonyl (C=O) groups excluding carboxylic acids is 1. The second kappa shape index (κ2) is 8.93. The van der Waals surface area contributed by atoms with Gasteiger partial charge in [0.1, 0.15) is 11.5 Å². The van der Waals surface area contributed by atoms with Crippen LogP contribution in [0.25, 0.3) is 11.1 Å². The number of aliphatic hydroxyl groups excluding tert-OH is 1. The molecule has 3 heterocycles. The Hall–Kier alpha value is -3.10. The van der Waals surface area contributed by atoms with E-state index in [4.69, 9.17) is 21.2 Å². The maximum absolute atomic E-state index is 12.7. The maximum Gasteiger partial charge on any atom is 0.268 e. The molecule has 9 heteroatoms. The molecule has 0 aliphatic heterocycles. The number of pyridine rings is 2. The van der Waals surface area contributed by atoms with Gasteiger partial charge in [0.2, 0.25) is 5.56 Å². The summed E-state index contributed by atoms with van der Waals surface area (Å²) in [5.41, 5.74) is 0.905. The first-order chi connectivity index (χ1) is 16.7. The normalized spacial score (nSPS) is 16.8. The zero-order chi connectivity index (χ0) is 26.9. The molecular formula is C20H22ClN5O3. The average Bonchev–Trinajstić information content (AvgIpc) is 3.28. The standard InChI is InChI=1S/C20H22ClN5O3/c1-11(2)25-18-6-14(15(21)9-23-18)13-5-16(22-8-13)20(29)26-17(10-27)12-3-4-19(28)24-7-12/h3-9,11,17,22,27H,10H2,1-2H3,(H,23,25)(H,24,28)(H,26,29)/t17-/m1/s1/i1D3,2D3,11D. The lowest BCUT2D eigenvalue weighted by Crippen LogP contribution is -2.31. The van der Waals surface area contributed by atoms with E-state index in [1.165, 1.54) is 36.7 Å². The molecule has 1 amide bonds. The smallest absolute Gasteiger partial charge is 0.268 e. The third-order valence-corrected chi connectivity index (χ3v) is 4.35. The number of aliphatic hydroxyl groups is 1. The predicted molar refractivity (Wildman–Crippen MR) is 112 cm³/mol. The van der Waals surface area contributed by atoms with Crippen molar-refractivity contribution in [3.63, 3.8) is 0 Å². The van der Waals surface area contributed by atoms with Gasteiger partial charge in [-0.2, -0.15) is 0 Å². The molecule has 0 aliphatic rings. The van der Waals surface area contributed by atoms with Crippen LogP contribution in [-0.2, 0) is 0 Å².